The lowest BCUT2D eigenvalue weighted by atomic mass is 9.85. The third-order valence-corrected chi connectivity index (χ3v) is 21.7. The molecule has 6 heterocycles. The Morgan fingerprint density at radius 2 is 0.680 bits per heavy atom. The third kappa shape index (κ3) is 11.9. The number of nitrogens with zero attached hydrogens (tertiary/aromatic N) is 4. The van der Waals surface area contributed by atoms with Crippen molar-refractivity contribution in [3.05, 3.63) is 213 Å². The maximum atomic E-state index is 13.4. The average Bonchev–Trinajstić information content (AvgIpc) is 0.721. The maximum Gasteiger partial charge on any atom is 0.363 e. The van der Waals surface area contributed by atoms with Gasteiger partial charge in [0.1, 0.15) is 0 Å². The number of amides is 2. The molecule has 0 unspecified atom stereocenters. The highest BCUT2D eigenvalue weighted by atomic mass is 35.5. The number of rotatable bonds is 10. The fraction of sp³-hybridized carbons (Fsp3) is 0.262. The van der Waals surface area contributed by atoms with E-state index in [1.54, 1.807) is 60.7 Å². The summed E-state index contributed by atoms with van der Waals surface area (Å²) in [5.74, 6) is -2.66. The number of hydrogen-bond donors (Lipinski definition) is 2. The van der Waals surface area contributed by atoms with Gasteiger partial charge in [-0.2, -0.15) is 0 Å². The zero-order chi connectivity index (χ0) is 71.7. The Kier molecular flexibility index (Phi) is 17.0. The van der Waals surface area contributed by atoms with Gasteiger partial charge in [0, 0.05) is 107 Å². The second-order valence-electron chi connectivity index (χ2n) is 29.2. The molecule has 16 heteroatoms. The lowest BCUT2D eigenvalue weighted by molar-refractivity contribution is -0.256. The van der Waals surface area contributed by atoms with Gasteiger partial charge >= 0.3 is 22.3 Å². The smallest absolute Gasteiger partial charge is 0.363 e. The van der Waals surface area contributed by atoms with E-state index < -0.39 is 11.9 Å². The molecule has 4 aliphatic heterocycles. The van der Waals surface area contributed by atoms with E-state index in [2.05, 4.69) is 214 Å². The summed E-state index contributed by atoms with van der Waals surface area (Å²) in [6.45, 7) is 25.8. The molecule has 4 aliphatic rings. The predicted molar refractivity (Wildman–Crippen MR) is 408 cm³/mol. The van der Waals surface area contributed by atoms with Crippen LogP contribution in [0.15, 0.2) is 167 Å². The number of likely N-dealkylation sites (N-methyl/N-ethyl adjacent to an activating group) is 4. The number of anilines is 6. The number of benzene rings is 8. The van der Waals surface area contributed by atoms with Gasteiger partial charge in [-0.1, -0.05) is 60.7 Å². The van der Waals surface area contributed by atoms with Crippen LogP contribution in [0.25, 0.3) is 88.4 Å². The average molecular weight is 1370 g/mol. The molecular formula is C84H80Cl2N6O8. The van der Waals surface area contributed by atoms with E-state index in [1.165, 1.54) is 12.1 Å². The van der Waals surface area contributed by atoms with Gasteiger partial charge in [-0.05, 0) is 200 Å². The SMILES string of the molecule is CC1=CC(C)(C)N(C)c2cc3[o+]c4cc5c(cc4c(-c4cc(NC(=O)c6ccc(CCl)cc6)ccc4C(=O)[O-])c3cc21)C(C)=CC(C)(C)N5C.CC1=CC(C)(C)N(C)c2cc3[o+]c4cc5c(cc4c(-c4ccc(NC(=O)c6ccc(CCl)cc6)cc4C(=O)[O-])c3cc21)C(C)=CC(C)(C)N5C. The van der Waals surface area contributed by atoms with Gasteiger partial charge in [-0.25, -0.2) is 8.83 Å². The number of carboxylic acid groups (broad SMARTS) is 2. The molecule has 10 aromatic rings. The normalized spacial score (nSPS) is 16.1. The van der Waals surface area contributed by atoms with E-state index >= 15 is 0 Å². The minimum atomic E-state index is -1.35. The molecular weight excluding hydrogens is 1290 g/mol. The van der Waals surface area contributed by atoms with Crippen LogP contribution in [-0.2, 0) is 11.8 Å². The van der Waals surface area contributed by atoms with E-state index in [1.807, 2.05) is 12.1 Å². The van der Waals surface area contributed by atoms with Crippen LogP contribution in [0.2, 0.25) is 0 Å². The molecule has 0 fully saturated rings. The van der Waals surface area contributed by atoms with Crippen molar-refractivity contribution in [2.75, 3.05) is 58.4 Å². The van der Waals surface area contributed by atoms with E-state index in [9.17, 15) is 29.4 Å². The Labute approximate surface area is 593 Å². The Morgan fingerprint density at radius 1 is 0.380 bits per heavy atom. The number of allylic oxidation sites excluding steroid dienone is 4. The van der Waals surface area contributed by atoms with E-state index in [4.69, 9.17) is 32.0 Å². The fourth-order valence-electron chi connectivity index (χ4n) is 14.8. The quantitative estimate of drug-likeness (QED) is 0.0755. The summed E-state index contributed by atoms with van der Waals surface area (Å²) >= 11 is 11.9. The molecule has 2 amide bonds. The van der Waals surface area contributed by atoms with Gasteiger partial charge in [0.25, 0.3) is 11.8 Å². The molecule has 0 atom stereocenters. The second-order valence-corrected chi connectivity index (χ2v) is 29.8. The first-order valence-corrected chi connectivity index (χ1v) is 34.5. The number of alkyl halides is 2. The number of hydrogen-bond acceptors (Lipinski definition) is 10. The first kappa shape index (κ1) is 68.3. The van der Waals surface area contributed by atoms with Crippen LogP contribution >= 0.6 is 23.2 Å². The van der Waals surface area contributed by atoms with Crippen LogP contribution in [0.4, 0.5) is 34.1 Å². The summed E-state index contributed by atoms with van der Waals surface area (Å²) in [5, 5.41) is 34.7. The summed E-state index contributed by atoms with van der Waals surface area (Å²) in [4.78, 5) is 61.2. The van der Waals surface area contributed by atoms with Crippen LogP contribution in [0.5, 0.6) is 0 Å². The van der Waals surface area contributed by atoms with Crippen molar-refractivity contribution in [3.63, 3.8) is 0 Å². The van der Waals surface area contributed by atoms with Crippen LogP contribution in [0.3, 0.4) is 0 Å². The van der Waals surface area contributed by atoms with Crippen molar-refractivity contribution < 1.29 is 38.2 Å². The topological polar surface area (TPSA) is 174 Å². The monoisotopic (exact) mass is 1370 g/mol. The van der Waals surface area contributed by atoms with Gasteiger partial charge in [0.2, 0.25) is 0 Å². The van der Waals surface area contributed by atoms with Crippen molar-refractivity contribution in [2.45, 2.75) is 117 Å². The highest BCUT2D eigenvalue weighted by molar-refractivity contribution is 6.19. The molecule has 0 radical (unpaired) electrons. The molecule has 0 spiro atoms. The van der Waals surface area contributed by atoms with Gasteiger partial charge in [0.05, 0.1) is 103 Å². The lowest BCUT2D eigenvalue weighted by Gasteiger charge is -2.40. The molecule has 100 heavy (non-hydrogen) atoms. The molecule has 8 aromatic carbocycles. The zero-order valence-corrected chi connectivity index (χ0v) is 60.7. The summed E-state index contributed by atoms with van der Waals surface area (Å²) in [6.07, 6.45) is 8.97. The predicted octanol–water partition coefficient (Wildman–Crippen LogP) is 18.3. The second kappa shape index (κ2) is 24.9. The Balaban J connectivity index is 0.000000179. The van der Waals surface area contributed by atoms with Crippen molar-refractivity contribution in [1.82, 2.24) is 0 Å². The molecule has 0 saturated carbocycles. The van der Waals surface area contributed by atoms with E-state index in [0.29, 0.717) is 73.3 Å². The van der Waals surface area contributed by atoms with Crippen LogP contribution < -0.4 is 40.4 Å². The van der Waals surface area contributed by atoms with Gasteiger partial charge in [0.15, 0.2) is 0 Å². The molecule has 508 valence electrons. The largest absolute Gasteiger partial charge is 0.545 e. The highest BCUT2D eigenvalue weighted by Crippen LogP contribution is 2.51. The fourth-order valence-corrected chi connectivity index (χ4v) is 15.2. The van der Waals surface area contributed by atoms with Crippen LogP contribution in [-0.4, -0.2) is 74.1 Å². The molecule has 0 bridgehead atoms. The summed E-state index contributed by atoms with van der Waals surface area (Å²) < 4.78 is 13.5. The number of aromatic carboxylic acids is 2. The number of nitrogens with one attached hydrogen (secondary N) is 2. The summed E-state index contributed by atoms with van der Waals surface area (Å²) in [6, 6.07) is 40.4. The Bertz CT molecular complexity index is 5130. The number of halogens is 2. The van der Waals surface area contributed by atoms with E-state index in [0.717, 1.165) is 106 Å². The summed E-state index contributed by atoms with van der Waals surface area (Å²) in [5.41, 5.74) is 20.1. The number of carboxylic acids is 2. The number of fused-ring (bicyclic) bond motifs is 8. The summed E-state index contributed by atoms with van der Waals surface area (Å²) in [7, 11) is 8.29. The molecule has 0 aliphatic carbocycles. The Hall–Kier alpha value is -10.3. The molecule has 2 N–H and O–H groups in total. The highest BCUT2D eigenvalue weighted by Gasteiger charge is 2.38. The Morgan fingerprint density at radius 3 is 0.990 bits per heavy atom. The minimum Gasteiger partial charge on any atom is -0.545 e. The molecule has 14 rings (SSSR count). The minimum absolute atomic E-state index is 0.00902. The van der Waals surface area contributed by atoms with Crippen molar-refractivity contribution in [3.8, 4) is 22.3 Å². The molecule has 2 aromatic heterocycles. The first-order chi connectivity index (χ1) is 47.2. The van der Waals surface area contributed by atoms with Crippen LogP contribution in [0, 0.1) is 0 Å². The third-order valence-electron chi connectivity index (χ3n) is 21.1. The standard InChI is InChI=1S/2C42H40ClN3O4/c1-23-20-41(3,4)45(7)34-18-36-32(16-29(23)34)38(33-17-30-24(2)21-42(5,6)46(8)35(30)19-37(33)50-36)31-15-27(13-14-28(31)40(48)49)44-39(47)26-11-9-25(22-43)10-12-26;1-23-20-41(3,4)45(7)34-18-36-32(16-29(23)34)38(33-17-30-24(2)21-42(5,6)46(8)35(30)19-37(33)50-36)28-14-13-27(15-31(28)40(48)49)44-39(47)26-11-9-25(22-43)10-12-26/h2*9-21H,22H2,1-8H3,(H-,44,47,48,49). The van der Waals surface area contributed by atoms with Crippen molar-refractivity contribution >= 4 is 147 Å². The van der Waals surface area contributed by atoms with Crippen molar-refractivity contribution in [2.24, 2.45) is 0 Å². The maximum absolute atomic E-state index is 13.4. The molecule has 0 saturated heterocycles. The van der Waals surface area contributed by atoms with Crippen molar-refractivity contribution in [1.29, 1.82) is 0 Å². The van der Waals surface area contributed by atoms with Crippen LogP contribution in [0.1, 0.15) is 158 Å². The number of carbonyl (C=O) groups excluding carboxylic acids is 4. The molecule has 14 nitrogen and oxygen atoms in total. The number of carbonyl (C=O) groups is 4. The van der Waals surface area contributed by atoms with Gasteiger partial charge in [-0.3, -0.25) is 9.59 Å². The van der Waals surface area contributed by atoms with Gasteiger partial charge in [-0.15, -0.1) is 23.2 Å². The first-order valence-electron chi connectivity index (χ1n) is 33.4. The lowest BCUT2D eigenvalue weighted by Crippen LogP contribution is -2.42. The van der Waals surface area contributed by atoms with E-state index in [-0.39, 0.29) is 45.1 Å². The zero-order valence-electron chi connectivity index (χ0n) is 59.2. The van der Waals surface area contributed by atoms with Gasteiger partial charge < -0.3 is 50.0 Å².